The first-order chi connectivity index (χ1) is 9.42. The number of amides is 1. The summed E-state index contributed by atoms with van der Waals surface area (Å²) in [5.41, 5.74) is 0.279. The molecule has 6 heteroatoms. The molecule has 0 aliphatic rings. The first kappa shape index (κ1) is 15.8. The van der Waals surface area contributed by atoms with Crippen LogP contribution in [0.2, 0.25) is 0 Å². The van der Waals surface area contributed by atoms with Crippen molar-refractivity contribution < 1.29 is 24.2 Å². The van der Waals surface area contributed by atoms with Crippen LogP contribution >= 0.6 is 0 Å². The predicted octanol–water partition coefficient (Wildman–Crippen LogP) is 1.64. The Morgan fingerprint density at radius 1 is 1.25 bits per heavy atom. The molecule has 1 amide bonds. The minimum atomic E-state index is -1.06. The molecule has 1 aromatic carbocycles. The predicted molar refractivity (Wildman–Crippen MR) is 73.4 cm³/mol. The van der Waals surface area contributed by atoms with Gasteiger partial charge in [-0.2, -0.15) is 0 Å². The van der Waals surface area contributed by atoms with E-state index in [1.165, 1.54) is 19.1 Å². The molecule has 6 nitrogen and oxygen atoms in total. The summed E-state index contributed by atoms with van der Waals surface area (Å²) >= 11 is 0. The number of methoxy groups -OCH3 is 2. The van der Waals surface area contributed by atoms with Gasteiger partial charge >= 0.3 is 5.97 Å². The van der Waals surface area contributed by atoms with Crippen molar-refractivity contribution in [1.29, 1.82) is 0 Å². The largest absolute Gasteiger partial charge is 0.493 e. The van der Waals surface area contributed by atoms with E-state index in [1.807, 2.05) is 0 Å². The number of carboxylic acid groups (broad SMARTS) is 1. The molecule has 0 aromatic heterocycles. The van der Waals surface area contributed by atoms with Crippen molar-refractivity contribution in [1.82, 2.24) is 4.90 Å². The Kier molecular flexibility index (Phi) is 5.37. The Morgan fingerprint density at radius 2 is 1.90 bits per heavy atom. The summed E-state index contributed by atoms with van der Waals surface area (Å²) in [6, 6.07) is 4.68. The molecule has 0 saturated heterocycles. The maximum atomic E-state index is 12.5. The van der Waals surface area contributed by atoms with E-state index < -0.39 is 11.9 Å². The van der Waals surface area contributed by atoms with Gasteiger partial charge in [0.05, 0.1) is 19.8 Å². The molecule has 20 heavy (non-hydrogen) atoms. The highest BCUT2D eigenvalue weighted by Crippen LogP contribution is 2.31. The van der Waals surface area contributed by atoms with Crippen LogP contribution in [0.3, 0.4) is 0 Å². The van der Waals surface area contributed by atoms with Gasteiger partial charge < -0.3 is 19.5 Å². The van der Waals surface area contributed by atoms with Crippen molar-refractivity contribution in [3.63, 3.8) is 0 Å². The topological polar surface area (TPSA) is 76.1 Å². The number of hydrogen-bond acceptors (Lipinski definition) is 4. The molecule has 1 aromatic rings. The fourth-order valence-electron chi connectivity index (χ4n) is 1.84. The SMILES string of the molecule is COc1cccc(C(=O)N(CC(=O)O)C(C)C)c1OC. The second kappa shape index (κ2) is 6.79. The van der Waals surface area contributed by atoms with E-state index in [9.17, 15) is 9.59 Å². The molecule has 0 unspecified atom stereocenters. The molecule has 1 rings (SSSR count). The Hall–Kier alpha value is -2.24. The average molecular weight is 281 g/mol. The number of ether oxygens (including phenoxy) is 2. The quantitative estimate of drug-likeness (QED) is 0.857. The normalized spacial score (nSPS) is 10.2. The first-order valence-corrected chi connectivity index (χ1v) is 6.16. The molecular weight excluding hydrogens is 262 g/mol. The number of para-hydroxylation sites is 1. The highest BCUT2D eigenvalue weighted by molar-refractivity contribution is 5.99. The summed E-state index contributed by atoms with van der Waals surface area (Å²) in [5, 5.41) is 8.91. The van der Waals surface area contributed by atoms with Gasteiger partial charge in [-0.25, -0.2) is 0 Å². The monoisotopic (exact) mass is 281 g/mol. The molecule has 0 spiro atoms. The van der Waals surface area contributed by atoms with Crippen molar-refractivity contribution in [2.45, 2.75) is 19.9 Å². The van der Waals surface area contributed by atoms with Gasteiger partial charge in [0.15, 0.2) is 11.5 Å². The van der Waals surface area contributed by atoms with Gasteiger partial charge in [-0.1, -0.05) is 6.07 Å². The van der Waals surface area contributed by atoms with Crippen molar-refractivity contribution >= 4 is 11.9 Å². The van der Waals surface area contributed by atoms with Crippen molar-refractivity contribution in [3.05, 3.63) is 23.8 Å². The minimum absolute atomic E-state index is 0.241. The molecule has 0 aliphatic carbocycles. The van der Waals surface area contributed by atoms with Gasteiger partial charge in [0.1, 0.15) is 6.54 Å². The van der Waals surface area contributed by atoms with Crippen LogP contribution in [0.4, 0.5) is 0 Å². The highest BCUT2D eigenvalue weighted by atomic mass is 16.5. The second-order valence-corrected chi connectivity index (χ2v) is 4.46. The first-order valence-electron chi connectivity index (χ1n) is 6.16. The van der Waals surface area contributed by atoms with E-state index in [0.717, 1.165) is 0 Å². The summed E-state index contributed by atoms with van der Waals surface area (Å²) in [4.78, 5) is 24.6. The molecule has 0 atom stereocenters. The lowest BCUT2D eigenvalue weighted by Gasteiger charge is -2.26. The number of aliphatic carboxylic acids is 1. The molecule has 0 bridgehead atoms. The zero-order chi connectivity index (χ0) is 15.3. The summed E-state index contributed by atoms with van der Waals surface area (Å²) in [6.45, 7) is 3.15. The zero-order valence-corrected chi connectivity index (χ0v) is 12.0. The van der Waals surface area contributed by atoms with Crippen LogP contribution in [-0.4, -0.2) is 48.7 Å². The van der Waals surface area contributed by atoms with E-state index in [0.29, 0.717) is 11.5 Å². The molecule has 0 heterocycles. The maximum absolute atomic E-state index is 12.5. The molecule has 110 valence electrons. The van der Waals surface area contributed by atoms with Crippen LogP contribution < -0.4 is 9.47 Å². The van der Waals surface area contributed by atoms with Gasteiger partial charge in [0, 0.05) is 6.04 Å². The highest BCUT2D eigenvalue weighted by Gasteiger charge is 2.25. The summed E-state index contributed by atoms with van der Waals surface area (Å²) < 4.78 is 10.3. The molecule has 0 radical (unpaired) electrons. The number of carbonyl (C=O) groups excluding carboxylic acids is 1. The fourth-order valence-corrected chi connectivity index (χ4v) is 1.84. The number of nitrogens with zero attached hydrogens (tertiary/aromatic N) is 1. The molecule has 0 fully saturated rings. The van der Waals surface area contributed by atoms with Gasteiger partial charge in [0.25, 0.3) is 5.91 Å². The number of benzene rings is 1. The lowest BCUT2D eigenvalue weighted by atomic mass is 10.1. The van der Waals surface area contributed by atoms with E-state index in [2.05, 4.69) is 0 Å². The number of rotatable bonds is 6. The summed E-state index contributed by atoms with van der Waals surface area (Å²) in [5.74, 6) is -0.736. The van der Waals surface area contributed by atoms with Crippen LogP contribution in [0.1, 0.15) is 24.2 Å². The molecule has 0 aliphatic heterocycles. The maximum Gasteiger partial charge on any atom is 0.323 e. The van der Waals surface area contributed by atoms with Gasteiger partial charge in [-0.05, 0) is 26.0 Å². The van der Waals surface area contributed by atoms with E-state index in [1.54, 1.807) is 32.0 Å². The third-order valence-electron chi connectivity index (χ3n) is 2.82. The van der Waals surface area contributed by atoms with Gasteiger partial charge in [-0.15, -0.1) is 0 Å². The smallest absolute Gasteiger partial charge is 0.323 e. The lowest BCUT2D eigenvalue weighted by molar-refractivity contribution is -0.138. The Bertz CT molecular complexity index is 498. The van der Waals surface area contributed by atoms with Gasteiger partial charge in [0.2, 0.25) is 0 Å². The zero-order valence-electron chi connectivity index (χ0n) is 12.0. The number of carboxylic acids is 1. The summed E-state index contributed by atoms with van der Waals surface area (Å²) in [7, 11) is 2.91. The van der Waals surface area contributed by atoms with Crippen LogP contribution in [0.15, 0.2) is 18.2 Å². The second-order valence-electron chi connectivity index (χ2n) is 4.46. The van der Waals surface area contributed by atoms with Crippen molar-refractivity contribution in [2.75, 3.05) is 20.8 Å². The van der Waals surface area contributed by atoms with Crippen LogP contribution in [0.5, 0.6) is 11.5 Å². The Labute approximate surface area is 117 Å². The lowest BCUT2D eigenvalue weighted by Crippen LogP contribution is -2.40. The fraction of sp³-hybridized carbons (Fsp3) is 0.429. The van der Waals surface area contributed by atoms with Crippen molar-refractivity contribution in [2.24, 2.45) is 0 Å². The standard InChI is InChI=1S/C14H19NO5/c1-9(2)15(8-12(16)17)14(18)10-6-5-7-11(19-3)13(10)20-4/h5-7,9H,8H2,1-4H3,(H,16,17). The minimum Gasteiger partial charge on any atom is -0.493 e. The molecular formula is C14H19NO5. The molecule has 1 N–H and O–H groups in total. The Balaban J connectivity index is 3.21. The average Bonchev–Trinajstić information content (AvgIpc) is 2.42. The van der Waals surface area contributed by atoms with E-state index in [4.69, 9.17) is 14.6 Å². The molecule has 0 saturated carbocycles. The van der Waals surface area contributed by atoms with Gasteiger partial charge in [-0.3, -0.25) is 9.59 Å². The van der Waals surface area contributed by atoms with E-state index in [-0.39, 0.29) is 18.2 Å². The van der Waals surface area contributed by atoms with Crippen molar-refractivity contribution in [3.8, 4) is 11.5 Å². The van der Waals surface area contributed by atoms with Crippen LogP contribution in [0, 0.1) is 0 Å². The van der Waals surface area contributed by atoms with Crippen LogP contribution in [0.25, 0.3) is 0 Å². The third-order valence-corrected chi connectivity index (χ3v) is 2.82. The van der Waals surface area contributed by atoms with E-state index >= 15 is 0 Å². The third kappa shape index (κ3) is 3.40. The number of carbonyl (C=O) groups is 2. The van der Waals surface area contributed by atoms with Crippen LogP contribution in [-0.2, 0) is 4.79 Å². The Morgan fingerprint density at radius 3 is 2.35 bits per heavy atom. The summed E-state index contributed by atoms with van der Waals surface area (Å²) in [6.07, 6.45) is 0. The number of hydrogen-bond donors (Lipinski definition) is 1.